The monoisotopic (exact) mass is 261 g/mol. The van der Waals surface area contributed by atoms with Crippen LogP contribution < -0.4 is 0 Å². The molecule has 1 aromatic carbocycles. The molecule has 1 saturated heterocycles. The normalized spacial score (nSPS) is 28.2. The van der Waals surface area contributed by atoms with Crippen LogP contribution in [0.3, 0.4) is 0 Å². The molecule has 0 saturated carbocycles. The summed E-state index contributed by atoms with van der Waals surface area (Å²) in [7, 11) is 2.12. The molecule has 1 aliphatic heterocycles. The fourth-order valence-corrected chi connectivity index (χ4v) is 2.90. The number of aromatic hydroxyl groups is 1. The molecule has 104 valence electrons. The summed E-state index contributed by atoms with van der Waals surface area (Å²) in [5.41, 5.74) is 0.718. The maximum absolute atomic E-state index is 9.70. The summed E-state index contributed by atoms with van der Waals surface area (Å²) in [5.74, 6) is 0.294. The van der Waals surface area contributed by atoms with Crippen molar-refractivity contribution < 1.29 is 9.84 Å². The summed E-state index contributed by atoms with van der Waals surface area (Å²) in [5, 5.41) is 9.70. The number of phenols is 1. The Hall–Kier alpha value is -1.32. The molecule has 0 aromatic heterocycles. The Morgan fingerprint density at radius 3 is 3.00 bits per heavy atom. The van der Waals surface area contributed by atoms with Gasteiger partial charge in [0.05, 0.1) is 6.10 Å². The third kappa shape index (κ3) is 2.99. The highest BCUT2D eigenvalue weighted by Gasteiger charge is 2.39. The average molecular weight is 261 g/mol. The molecule has 1 N–H and O–H groups in total. The van der Waals surface area contributed by atoms with Gasteiger partial charge >= 0.3 is 0 Å². The predicted molar refractivity (Wildman–Crippen MR) is 77.3 cm³/mol. The Kier molecular flexibility index (Phi) is 4.27. The summed E-state index contributed by atoms with van der Waals surface area (Å²) >= 11 is 0. The summed E-state index contributed by atoms with van der Waals surface area (Å²) in [6.07, 6.45) is 3.81. The summed E-state index contributed by atoms with van der Waals surface area (Å²) in [6.45, 7) is 7.71. The van der Waals surface area contributed by atoms with E-state index in [1.807, 2.05) is 24.3 Å². The Bertz CT molecular complexity index is 446. The van der Waals surface area contributed by atoms with Gasteiger partial charge < -0.3 is 14.7 Å². The van der Waals surface area contributed by atoms with E-state index in [0.717, 1.165) is 31.5 Å². The number of benzene rings is 1. The van der Waals surface area contributed by atoms with E-state index in [1.54, 1.807) is 6.07 Å². The van der Waals surface area contributed by atoms with Gasteiger partial charge in [0.25, 0.3) is 0 Å². The molecule has 0 bridgehead atoms. The Balaban J connectivity index is 2.32. The number of nitrogens with zero attached hydrogens (tertiary/aromatic N) is 1. The largest absolute Gasteiger partial charge is 0.508 e. The van der Waals surface area contributed by atoms with Crippen molar-refractivity contribution in [3.05, 3.63) is 42.5 Å². The van der Waals surface area contributed by atoms with Crippen LogP contribution in [-0.2, 0) is 10.3 Å². The minimum atomic E-state index is -0.334. The minimum Gasteiger partial charge on any atom is -0.508 e. The van der Waals surface area contributed by atoms with Gasteiger partial charge in [-0.2, -0.15) is 0 Å². The van der Waals surface area contributed by atoms with E-state index >= 15 is 0 Å². The van der Waals surface area contributed by atoms with Gasteiger partial charge in [-0.25, -0.2) is 0 Å². The maximum atomic E-state index is 9.70. The molecule has 0 aliphatic carbocycles. The molecule has 19 heavy (non-hydrogen) atoms. The van der Waals surface area contributed by atoms with Gasteiger partial charge in [-0.1, -0.05) is 25.1 Å². The van der Waals surface area contributed by atoms with Crippen molar-refractivity contribution in [1.29, 1.82) is 0 Å². The van der Waals surface area contributed by atoms with Crippen LogP contribution in [0.2, 0.25) is 0 Å². The summed E-state index contributed by atoms with van der Waals surface area (Å²) < 4.78 is 6.35. The lowest BCUT2D eigenvalue weighted by Gasteiger charge is -2.45. The molecule has 0 spiro atoms. The fraction of sp³-hybridized carbons (Fsp3) is 0.500. The highest BCUT2D eigenvalue weighted by Crippen LogP contribution is 2.36. The Morgan fingerprint density at radius 2 is 2.37 bits per heavy atom. The highest BCUT2D eigenvalue weighted by molar-refractivity contribution is 5.32. The van der Waals surface area contributed by atoms with Crippen molar-refractivity contribution in [1.82, 2.24) is 4.90 Å². The predicted octanol–water partition coefficient (Wildman–Crippen LogP) is 2.90. The van der Waals surface area contributed by atoms with Crippen LogP contribution in [0.15, 0.2) is 36.9 Å². The van der Waals surface area contributed by atoms with Crippen LogP contribution in [0.1, 0.15) is 25.3 Å². The number of phenolic OH excluding ortho intramolecular Hbond substituents is 1. The first-order valence-corrected chi connectivity index (χ1v) is 6.86. The van der Waals surface area contributed by atoms with Gasteiger partial charge in [-0.05, 0) is 37.6 Å². The minimum absolute atomic E-state index is 0.165. The van der Waals surface area contributed by atoms with Gasteiger partial charge in [-0.3, -0.25) is 0 Å². The number of hydrogen-bond acceptors (Lipinski definition) is 3. The topological polar surface area (TPSA) is 32.7 Å². The fourth-order valence-electron chi connectivity index (χ4n) is 2.90. The van der Waals surface area contributed by atoms with Crippen LogP contribution in [-0.4, -0.2) is 36.2 Å². The van der Waals surface area contributed by atoms with Crippen LogP contribution in [0, 0.1) is 0 Å². The summed E-state index contributed by atoms with van der Waals surface area (Å²) in [6, 6.07) is 7.42. The maximum Gasteiger partial charge on any atom is 0.115 e. The molecule has 3 nitrogen and oxygen atoms in total. The standard InChI is InChI=1S/C16H23NO2/c1-4-7-15-11-17(3)12-16(5-2,19-15)13-8-6-9-14(18)10-13/h4,6,8-10,15,18H,1,5,7,11-12H2,2-3H3. The first-order valence-electron chi connectivity index (χ1n) is 6.86. The van der Waals surface area contributed by atoms with Crippen LogP contribution in [0.4, 0.5) is 0 Å². The quantitative estimate of drug-likeness (QED) is 0.846. The average Bonchev–Trinajstić information content (AvgIpc) is 2.38. The number of rotatable bonds is 4. The molecule has 2 unspecified atom stereocenters. The number of morpholine rings is 1. The van der Waals surface area contributed by atoms with Crippen molar-refractivity contribution in [2.75, 3.05) is 20.1 Å². The first kappa shape index (κ1) is 14.1. The lowest BCUT2D eigenvalue weighted by Crippen LogP contribution is -2.52. The van der Waals surface area contributed by atoms with E-state index in [-0.39, 0.29) is 11.7 Å². The number of likely N-dealkylation sites (N-methyl/N-ethyl adjacent to an activating group) is 1. The van der Waals surface area contributed by atoms with Gasteiger partial charge in [0.1, 0.15) is 11.4 Å². The van der Waals surface area contributed by atoms with E-state index < -0.39 is 0 Å². The van der Waals surface area contributed by atoms with Crippen LogP contribution in [0.25, 0.3) is 0 Å². The number of hydrogen-bond donors (Lipinski definition) is 1. The summed E-state index contributed by atoms with van der Waals surface area (Å²) in [4.78, 5) is 2.30. The molecule has 1 fully saturated rings. The van der Waals surface area contributed by atoms with Crippen LogP contribution in [0.5, 0.6) is 5.75 Å². The molecule has 1 aliphatic rings. The smallest absolute Gasteiger partial charge is 0.115 e. The van der Waals surface area contributed by atoms with E-state index in [4.69, 9.17) is 4.74 Å². The molecule has 0 amide bonds. The van der Waals surface area contributed by atoms with E-state index in [9.17, 15) is 5.11 Å². The molecular weight excluding hydrogens is 238 g/mol. The second kappa shape index (κ2) is 5.76. The van der Waals surface area contributed by atoms with Crippen molar-refractivity contribution in [3.8, 4) is 5.75 Å². The highest BCUT2D eigenvalue weighted by atomic mass is 16.5. The Labute approximate surface area is 115 Å². The van der Waals surface area contributed by atoms with E-state index in [0.29, 0.717) is 5.75 Å². The molecular formula is C16H23NO2. The zero-order chi connectivity index (χ0) is 13.9. The van der Waals surface area contributed by atoms with Gasteiger partial charge in [0.15, 0.2) is 0 Å². The Morgan fingerprint density at radius 1 is 1.58 bits per heavy atom. The van der Waals surface area contributed by atoms with Gasteiger partial charge in [0, 0.05) is 13.1 Å². The van der Waals surface area contributed by atoms with Crippen molar-refractivity contribution >= 4 is 0 Å². The SMILES string of the molecule is C=CCC1CN(C)CC(CC)(c2cccc(O)c2)O1. The molecule has 1 aromatic rings. The zero-order valence-corrected chi connectivity index (χ0v) is 11.8. The van der Waals surface area contributed by atoms with E-state index in [2.05, 4.69) is 25.5 Å². The third-order valence-electron chi connectivity index (χ3n) is 3.81. The second-order valence-electron chi connectivity index (χ2n) is 5.36. The second-order valence-corrected chi connectivity index (χ2v) is 5.36. The lowest BCUT2D eigenvalue weighted by molar-refractivity contribution is -0.156. The third-order valence-corrected chi connectivity index (χ3v) is 3.81. The molecule has 2 atom stereocenters. The molecule has 0 radical (unpaired) electrons. The van der Waals surface area contributed by atoms with Gasteiger partial charge in [-0.15, -0.1) is 6.58 Å². The molecule has 3 heteroatoms. The first-order chi connectivity index (χ1) is 9.09. The zero-order valence-electron chi connectivity index (χ0n) is 11.8. The van der Waals surface area contributed by atoms with E-state index in [1.165, 1.54) is 0 Å². The molecule has 2 rings (SSSR count). The number of ether oxygens (including phenoxy) is 1. The van der Waals surface area contributed by atoms with Gasteiger partial charge in [0.2, 0.25) is 0 Å². The van der Waals surface area contributed by atoms with Crippen molar-refractivity contribution in [2.24, 2.45) is 0 Å². The lowest BCUT2D eigenvalue weighted by atomic mass is 9.88. The van der Waals surface area contributed by atoms with Crippen LogP contribution >= 0.6 is 0 Å². The van der Waals surface area contributed by atoms with Crippen molar-refractivity contribution in [3.63, 3.8) is 0 Å². The van der Waals surface area contributed by atoms with Crippen molar-refractivity contribution in [2.45, 2.75) is 31.5 Å². The molecule has 1 heterocycles.